The van der Waals surface area contributed by atoms with E-state index in [1.807, 2.05) is 29.2 Å². The summed E-state index contributed by atoms with van der Waals surface area (Å²) in [7, 11) is 1.65. The van der Waals surface area contributed by atoms with Crippen LogP contribution >= 0.6 is 0 Å². The standard InChI is InChI=1S/C17H24N2O4/c1-21-15-4-2-3-14(11-15)12-18-13-16(20)19-7-5-17(6-8-19)22-9-10-23-17/h2-4,11,18H,5-10,12-13H2,1H3. The van der Waals surface area contributed by atoms with Crippen molar-refractivity contribution in [2.45, 2.75) is 25.2 Å². The number of rotatable bonds is 5. The molecule has 1 aromatic rings. The summed E-state index contributed by atoms with van der Waals surface area (Å²) in [6.07, 6.45) is 1.52. The molecule has 2 heterocycles. The van der Waals surface area contributed by atoms with Crippen molar-refractivity contribution in [2.75, 3.05) is 40.0 Å². The zero-order chi connectivity index (χ0) is 16.1. The quantitative estimate of drug-likeness (QED) is 0.882. The van der Waals surface area contributed by atoms with Gasteiger partial charge in [-0.1, -0.05) is 12.1 Å². The van der Waals surface area contributed by atoms with Gasteiger partial charge >= 0.3 is 0 Å². The Kier molecular flexibility index (Phi) is 5.15. The maximum Gasteiger partial charge on any atom is 0.236 e. The lowest BCUT2D eigenvalue weighted by molar-refractivity contribution is -0.187. The summed E-state index contributed by atoms with van der Waals surface area (Å²) in [6, 6.07) is 7.84. The van der Waals surface area contributed by atoms with Crippen LogP contribution in [0.25, 0.3) is 0 Å². The van der Waals surface area contributed by atoms with Gasteiger partial charge in [-0.05, 0) is 17.7 Å². The van der Waals surface area contributed by atoms with Crippen molar-refractivity contribution < 1.29 is 19.0 Å². The number of piperidine rings is 1. The highest BCUT2D eigenvalue weighted by Crippen LogP contribution is 2.31. The third kappa shape index (κ3) is 4.02. The van der Waals surface area contributed by atoms with Crippen LogP contribution in [0.15, 0.2) is 24.3 Å². The van der Waals surface area contributed by atoms with E-state index in [4.69, 9.17) is 14.2 Å². The summed E-state index contributed by atoms with van der Waals surface area (Å²) in [6.45, 7) is 3.70. The van der Waals surface area contributed by atoms with E-state index < -0.39 is 5.79 Å². The Balaban J connectivity index is 1.41. The predicted octanol–water partition coefficient (Wildman–Crippen LogP) is 1.15. The van der Waals surface area contributed by atoms with Crippen molar-refractivity contribution in [1.29, 1.82) is 0 Å². The third-order valence-corrected chi connectivity index (χ3v) is 4.43. The van der Waals surface area contributed by atoms with Gasteiger partial charge in [0.25, 0.3) is 0 Å². The molecule has 0 unspecified atom stereocenters. The topological polar surface area (TPSA) is 60.0 Å². The first-order valence-electron chi connectivity index (χ1n) is 8.10. The summed E-state index contributed by atoms with van der Waals surface area (Å²) in [5.74, 6) is 0.527. The van der Waals surface area contributed by atoms with E-state index in [0.29, 0.717) is 39.4 Å². The zero-order valence-electron chi connectivity index (χ0n) is 13.5. The lowest BCUT2D eigenvalue weighted by atomic mass is 10.0. The fraction of sp³-hybridized carbons (Fsp3) is 0.588. The number of amides is 1. The largest absolute Gasteiger partial charge is 0.497 e. The molecule has 2 aliphatic rings. The van der Waals surface area contributed by atoms with E-state index in [2.05, 4.69) is 5.32 Å². The molecule has 2 fully saturated rings. The molecule has 0 radical (unpaired) electrons. The molecule has 1 spiro atoms. The third-order valence-electron chi connectivity index (χ3n) is 4.43. The minimum absolute atomic E-state index is 0.126. The summed E-state index contributed by atoms with van der Waals surface area (Å²) in [5, 5.41) is 3.20. The average Bonchev–Trinajstić information content (AvgIpc) is 3.03. The maximum atomic E-state index is 12.3. The average molecular weight is 320 g/mol. The van der Waals surface area contributed by atoms with E-state index in [9.17, 15) is 4.79 Å². The molecule has 0 bridgehead atoms. The zero-order valence-corrected chi connectivity index (χ0v) is 13.5. The number of hydrogen-bond donors (Lipinski definition) is 1. The van der Waals surface area contributed by atoms with Crippen LogP contribution in [0.3, 0.4) is 0 Å². The molecule has 0 aliphatic carbocycles. The monoisotopic (exact) mass is 320 g/mol. The molecule has 6 heteroatoms. The summed E-state index contributed by atoms with van der Waals surface area (Å²) in [5.41, 5.74) is 1.10. The predicted molar refractivity (Wildman–Crippen MR) is 85.1 cm³/mol. The number of ether oxygens (including phenoxy) is 3. The van der Waals surface area contributed by atoms with Crippen LogP contribution in [-0.4, -0.2) is 56.6 Å². The normalized spacial score (nSPS) is 20.0. The molecule has 1 aromatic carbocycles. The molecule has 2 saturated heterocycles. The van der Waals surface area contributed by atoms with Crippen molar-refractivity contribution in [3.63, 3.8) is 0 Å². The van der Waals surface area contributed by atoms with E-state index in [1.54, 1.807) is 7.11 Å². The highest BCUT2D eigenvalue weighted by Gasteiger charge is 2.40. The van der Waals surface area contributed by atoms with E-state index >= 15 is 0 Å². The molecule has 0 aromatic heterocycles. The number of carbonyl (C=O) groups is 1. The first kappa shape index (κ1) is 16.2. The van der Waals surface area contributed by atoms with E-state index in [-0.39, 0.29) is 5.91 Å². The molecular weight excluding hydrogens is 296 g/mol. The highest BCUT2D eigenvalue weighted by atomic mass is 16.7. The number of nitrogens with zero attached hydrogens (tertiary/aromatic N) is 1. The molecule has 126 valence electrons. The second-order valence-electron chi connectivity index (χ2n) is 5.94. The van der Waals surface area contributed by atoms with Gasteiger partial charge in [0, 0.05) is 32.5 Å². The van der Waals surface area contributed by atoms with Crippen molar-refractivity contribution in [3.05, 3.63) is 29.8 Å². The Morgan fingerprint density at radius 1 is 1.30 bits per heavy atom. The van der Waals surface area contributed by atoms with Gasteiger partial charge in [0.15, 0.2) is 5.79 Å². The Morgan fingerprint density at radius 3 is 2.74 bits per heavy atom. The number of methoxy groups -OCH3 is 1. The molecule has 0 atom stereocenters. The maximum absolute atomic E-state index is 12.3. The van der Waals surface area contributed by atoms with E-state index in [0.717, 1.165) is 24.2 Å². The van der Waals surface area contributed by atoms with Gasteiger partial charge in [-0.25, -0.2) is 0 Å². The molecular formula is C17H24N2O4. The Bertz CT molecular complexity index is 533. The minimum Gasteiger partial charge on any atom is -0.497 e. The Hall–Kier alpha value is -1.63. The second kappa shape index (κ2) is 7.29. The Labute approximate surface area is 136 Å². The second-order valence-corrected chi connectivity index (χ2v) is 5.94. The minimum atomic E-state index is -0.426. The van der Waals surface area contributed by atoms with E-state index in [1.165, 1.54) is 0 Å². The van der Waals surface area contributed by atoms with Crippen LogP contribution in [0.2, 0.25) is 0 Å². The molecule has 23 heavy (non-hydrogen) atoms. The van der Waals surface area contributed by atoms with Gasteiger partial charge in [0.2, 0.25) is 5.91 Å². The van der Waals surface area contributed by atoms with Gasteiger partial charge in [0.1, 0.15) is 5.75 Å². The molecule has 1 amide bonds. The van der Waals surface area contributed by atoms with Gasteiger partial charge in [-0.15, -0.1) is 0 Å². The number of benzene rings is 1. The Morgan fingerprint density at radius 2 is 2.04 bits per heavy atom. The van der Waals surface area contributed by atoms with Crippen molar-refractivity contribution >= 4 is 5.91 Å². The number of hydrogen-bond acceptors (Lipinski definition) is 5. The van der Waals surface area contributed by atoms with Crippen LogP contribution in [-0.2, 0) is 20.8 Å². The van der Waals surface area contributed by atoms with Gasteiger partial charge in [0.05, 0.1) is 26.9 Å². The summed E-state index contributed by atoms with van der Waals surface area (Å²) >= 11 is 0. The van der Waals surface area contributed by atoms with Crippen molar-refractivity contribution in [3.8, 4) is 5.75 Å². The lowest BCUT2D eigenvalue weighted by Crippen LogP contribution is -2.49. The smallest absolute Gasteiger partial charge is 0.236 e. The summed E-state index contributed by atoms with van der Waals surface area (Å²) < 4.78 is 16.6. The van der Waals surface area contributed by atoms with Gasteiger partial charge in [-0.2, -0.15) is 0 Å². The van der Waals surface area contributed by atoms with Crippen LogP contribution in [0.4, 0.5) is 0 Å². The van der Waals surface area contributed by atoms with Crippen molar-refractivity contribution in [2.24, 2.45) is 0 Å². The van der Waals surface area contributed by atoms with Crippen LogP contribution in [0, 0.1) is 0 Å². The fourth-order valence-electron chi connectivity index (χ4n) is 3.09. The molecule has 6 nitrogen and oxygen atoms in total. The molecule has 3 rings (SSSR count). The molecule has 0 saturated carbocycles. The SMILES string of the molecule is COc1cccc(CNCC(=O)N2CCC3(CC2)OCCO3)c1. The first-order valence-corrected chi connectivity index (χ1v) is 8.10. The highest BCUT2D eigenvalue weighted by molar-refractivity contribution is 5.78. The number of carbonyl (C=O) groups excluding carboxylic acids is 1. The van der Waals surface area contributed by atoms with Crippen LogP contribution < -0.4 is 10.1 Å². The number of nitrogens with one attached hydrogen (secondary N) is 1. The molecule has 2 aliphatic heterocycles. The van der Waals surface area contributed by atoms with Crippen LogP contribution in [0.1, 0.15) is 18.4 Å². The van der Waals surface area contributed by atoms with Crippen molar-refractivity contribution in [1.82, 2.24) is 10.2 Å². The number of likely N-dealkylation sites (tertiary alicyclic amines) is 1. The molecule has 1 N–H and O–H groups in total. The summed E-state index contributed by atoms with van der Waals surface area (Å²) in [4.78, 5) is 14.2. The fourth-order valence-corrected chi connectivity index (χ4v) is 3.09. The lowest BCUT2D eigenvalue weighted by Gasteiger charge is -2.37. The van der Waals surface area contributed by atoms with Crippen LogP contribution in [0.5, 0.6) is 5.75 Å². The van der Waals surface area contributed by atoms with Gasteiger partial charge in [-0.3, -0.25) is 4.79 Å². The van der Waals surface area contributed by atoms with Gasteiger partial charge < -0.3 is 24.4 Å². The first-order chi connectivity index (χ1) is 11.2.